The Morgan fingerprint density at radius 1 is 1.27 bits per heavy atom. The minimum atomic E-state index is -0.445. The summed E-state index contributed by atoms with van der Waals surface area (Å²) in [7, 11) is 1.32. The Morgan fingerprint density at radius 3 is 2.81 bits per heavy atom. The highest BCUT2D eigenvalue weighted by Gasteiger charge is 2.15. The highest BCUT2D eigenvalue weighted by Crippen LogP contribution is 2.32. The molecule has 8 nitrogen and oxygen atoms in total. The van der Waals surface area contributed by atoms with Crippen LogP contribution in [0.3, 0.4) is 0 Å². The van der Waals surface area contributed by atoms with Crippen molar-refractivity contribution in [2.45, 2.75) is 19.9 Å². The summed E-state index contributed by atoms with van der Waals surface area (Å²) in [5, 5.41) is 3.00. The average Bonchev–Trinajstić information content (AvgIpc) is 2.85. The molecule has 26 heavy (non-hydrogen) atoms. The molecule has 3 rings (SSSR count). The summed E-state index contributed by atoms with van der Waals surface area (Å²) in [4.78, 5) is 15.8. The summed E-state index contributed by atoms with van der Waals surface area (Å²) in [6.45, 7) is 3.14. The van der Waals surface area contributed by atoms with Gasteiger partial charge < -0.3 is 29.7 Å². The third kappa shape index (κ3) is 4.08. The van der Waals surface area contributed by atoms with E-state index < -0.39 is 5.97 Å². The number of hydrogen-bond donors (Lipinski definition) is 2. The van der Waals surface area contributed by atoms with Gasteiger partial charge in [-0.3, -0.25) is 0 Å². The van der Waals surface area contributed by atoms with Gasteiger partial charge in [0.15, 0.2) is 17.5 Å². The number of hydrogen-bond acceptors (Lipinski definition) is 6. The molecule has 8 heteroatoms. The van der Waals surface area contributed by atoms with Gasteiger partial charge in [-0.05, 0) is 25.1 Å². The number of ether oxygens (including phenoxy) is 3. The fourth-order valence-corrected chi connectivity index (χ4v) is 2.53. The maximum absolute atomic E-state index is 11.6. The summed E-state index contributed by atoms with van der Waals surface area (Å²) in [5.74, 6) is 2.16. The van der Waals surface area contributed by atoms with Crippen molar-refractivity contribution in [1.82, 2.24) is 0 Å². The number of anilines is 1. The lowest BCUT2D eigenvalue weighted by atomic mass is 10.2. The first-order valence-electron chi connectivity index (χ1n) is 8.21. The third-order valence-corrected chi connectivity index (χ3v) is 3.80. The highest BCUT2D eigenvalue weighted by molar-refractivity contribution is 5.92. The second kappa shape index (κ2) is 7.81. The molecular weight excluding hydrogens is 338 g/mol. The number of aliphatic imine (C=N–C) groups is 1. The molecule has 0 bridgehead atoms. The van der Waals surface area contributed by atoms with Crippen molar-refractivity contribution in [2.24, 2.45) is 10.7 Å². The van der Waals surface area contributed by atoms with Gasteiger partial charge in [-0.15, -0.1) is 0 Å². The van der Waals surface area contributed by atoms with E-state index in [9.17, 15) is 4.79 Å². The lowest BCUT2D eigenvalue weighted by Gasteiger charge is -2.10. The van der Waals surface area contributed by atoms with Crippen molar-refractivity contribution in [3.8, 4) is 11.5 Å². The van der Waals surface area contributed by atoms with Crippen LogP contribution in [0, 0.1) is 6.92 Å². The van der Waals surface area contributed by atoms with Crippen molar-refractivity contribution in [3.63, 3.8) is 0 Å². The lowest BCUT2D eigenvalue weighted by molar-refractivity contribution is 0.0599. The molecule has 0 saturated carbocycles. The molecule has 0 amide bonds. The van der Waals surface area contributed by atoms with Crippen LogP contribution in [0.2, 0.25) is 0 Å². The van der Waals surface area contributed by atoms with Crippen molar-refractivity contribution < 1.29 is 23.4 Å². The summed E-state index contributed by atoms with van der Waals surface area (Å²) in [6.07, 6.45) is 0.844. The summed E-state index contributed by atoms with van der Waals surface area (Å²) in [5.41, 5.74) is 7.04. The van der Waals surface area contributed by atoms with Gasteiger partial charge in [0.1, 0.15) is 23.6 Å². The molecule has 1 aliphatic heterocycles. The smallest absolute Gasteiger partial charge is 0.341 e. The van der Waals surface area contributed by atoms with Gasteiger partial charge in [-0.2, -0.15) is 0 Å². The first-order valence-corrected chi connectivity index (χ1v) is 8.21. The van der Waals surface area contributed by atoms with Crippen LogP contribution in [-0.4, -0.2) is 32.3 Å². The molecule has 2 aromatic rings. The lowest BCUT2D eigenvalue weighted by Crippen LogP contribution is -2.22. The fourth-order valence-electron chi connectivity index (χ4n) is 2.53. The van der Waals surface area contributed by atoms with Gasteiger partial charge in [0.2, 0.25) is 0 Å². The molecule has 0 radical (unpaired) electrons. The number of methoxy groups -OCH3 is 1. The van der Waals surface area contributed by atoms with E-state index in [-0.39, 0.29) is 12.5 Å². The molecule has 0 aliphatic carbocycles. The normalized spacial score (nSPS) is 13.8. The Morgan fingerprint density at radius 2 is 2.04 bits per heavy atom. The maximum Gasteiger partial charge on any atom is 0.341 e. The number of fused-ring (bicyclic) bond motifs is 1. The number of nitrogens with one attached hydrogen (secondary N) is 1. The monoisotopic (exact) mass is 359 g/mol. The zero-order valence-corrected chi connectivity index (χ0v) is 14.7. The Kier molecular flexibility index (Phi) is 5.31. The summed E-state index contributed by atoms with van der Waals surface area (Å²) in [6, 6.07) is 7.08. The maximum atomic E-state index is 11.6. The quantitative estimate of drug-likeness (QED) is 0.490. The number of rotatable bonds is 4. The van der Waals surface area contributed by atoms with Crippen molar-refractivity contribution in [2.75, 3.05) is 25.6 Å². The van der Waals surface area contributed by atoms with E-state index in [1.807, 2.05) is 18.2 Å². The largest absolute Gasteiger partial charge is 0.490 e. The minimum Gasteiger partial charge on any atom is -0.490 e. The molecule has 138 valence electrons. The number of nitrogens with two attached hydrogens (primary N) is 1. The number of nitrogens with zero attached hydrogens (tertiary/aromatic N) is 1. The molecule has 0 atom stereocenters. The first kappa shape index (κ1) is 17.7. The average molecular weight is 359 g/mol. The van der Waals surface area contributed by atoms with Crippen molar-refractivity contribution in [1.29, 1.82) is 0 Å². The second-order valence-electron chi connectivity index (χ2n) is 5.71. The topological polar surface area (TPSA) is 108 Å². The van der Waals surface area contributed by atoms with Crippen molar-refractivity contribution >= 4 is 17.6 Å². The predicted molar refractivity (Wildman–Crippen MR) is 95.8 cm³/mol. The van der Waals surface area contributed by atoms with Crippen LogP contribution in [0.1, 0.15) is 28.3 Å². The van der Waals surface area contributed by atoms with Crippen LogP contribution in [0.25, 0.3) is 0 Å². The van der Waals surface area contributed by atoms with E-state index in [0.717, 1.165) is 12.1 Å². The number of benzene rings is 1. The van der Waals surface area contributed by atoms with Gasteiger partial charge in [0, 0.05) is 18.2 Å². The number of carbonyl (C=O) groups is 1. The zero-order valence-electron chi connectivity index (χ0n) is 14.7. The van der Waals surface area contributed by atoms with Crippen LogP contribution in [0.5, 0.6) is 11.5 Å². The van der Waals surface area contributed by atoms with E-state index in [1.165, 1.54) is 7.11 Å². The van der Waals surface area contributed by atoms with E-state index >= 15 is 0 Å². The fraction of sp³-hybridized carbons (Fsp3) is 0.333. The predicted octanol–water partition coefficient (Wildman–Crippen LogP) is 2.46. The molecule has 3 N–H and O–H groups in total. The standard InChI is InChI=1S/C18H21N3O5/c1-11-14(17(22)23-2)9-13(26-11)10-20-18(19)21-12-4-5-15-16(8-12)25-7-3-6-24-15/h4-5,8-9H,3,6-7,10H2,1-2H3,(H3,19,20,21). The first-order chi connectivity index (χ1) is 12.6. The van der Waals surface area contributed by atoms with Gasteiger partial charge in [0.25, 0.3) is 0 Å². The molecule has 2 heterocycles. The zero-order chi connectivity index (χ0) is 18.5. The van der Waals surface area contributed by atoms with Gasteiger partial charge in [0.05, 0.1) is 20.3 Å². The number of esters is 1. The number of furan rings is 1. The number of aryl methyl sites for hydroxylation is 1. The van der Waals surface area contributed by atoms with E-state index in [4.69, 9.17) is 24.4 Å². The van der Waals surface area contributed by atoms with Crippen LogP contribution in [0.4, 0.5) is 5.69 Å². The Balaban J connectivity index is 1.65. The molecule has 1 aromatic carbocycles. The van der Waals surface area contributed by atoms with Crippen molar-refractivity contribution in [3.05, 3.63) is 41.3 Å². The van der Waals surface area contributed by atoms with Gasteiger partial charge in [-0.25, -0.2) is 9.79 Å². The Hall–Kier alpha value is -3.16. The molecule has 1 aliphatic rings. The van der Waals surface area contributed by atoms with Crippen LogP contribution < -0.4 is 20.5 Å². The highest BCUT2D eigenvalue weighted by atomic mass is 16.5. The summed E-state index contributed by atoms with van der Waals surface area (Å²) < 4.78 is 21.4. The van der Waals surface area contributed by atoms with E-state index in [2.05, 4.69) is 10.3 Å². The van der Waals surface area contributed by atoms with Crippen LogP contribution in [-0.2, 0) is 11.3 Å². The molecule has 0 fully saturated rings. The van der Waals surface area contributed by atoms with E-state index in [0.29, 0.717) is 41.8 Å². The Bertz CT molecular complexity index is 828. The molecular formula is C18H21N3O5. The minimum absolute atomic E-state index is 0.196. The molecule has 0 saturated heterocycles. The number of guanidine groups is 1. The Labute approximate surface area is 150 Å². The third-order valence-electron chi connectivity index (χ3n) is 3.80. The van der Waals surface area contributed by atoms with Crippen LogP contribution in [0.15, 0.2) is 33.7 Å². The SMILES string of the molecule is COC(=O)c1cc(CN=C(N)Nc2ccc3c(c2)OCCCO3)oc1C. The van der Waals surface area contributed by atoms with Crippen LogP contribution >= 0.6 is 0 Å². The molecule has 1 aromatic heterocycles. The van der Waals surface area contributed by atoms with Gasteiger partial charge in [-0.1, -0.05) is 0 Å². The van der Waals surface area contributed by atoms with Gasteiger partial charge >= 0.3 is 5.97 Å². The second-order valence-corrected chi connectivity index (χ2v) is 5.71. The van der Waals surface area contributed by atoms with E-state index in [1.54, 1.807) is 13.0 Å². The summed E-state index contributed by atoms with van der Waals surface area (Å²) >= 11 is 0. The molecule has 0 spiro atoms. The molecule has 0 unspecified atom stereocenters. The number of carbonyl (C=O) groups excluding carboxylic acids is 1.